The minimum absolute atomic E-state index is 0.196. The van der Waals surface area contributed by atoms with Gasteiger partial charge in [-0.05, 0) is 48.0 Å². The first-order chi connectivity index (χ1) is 17.6. The molecular formula is C27H25ClN4O2S2. The normalized spacial score (nSPS) is 19.6. The number of hydrogen-bond donors (Lipinski definition) is 2. The van der Waals surface area contributed by atoms with E-state index in [0.29, 0.717) is 31.5 Å². The van der Waals surface area contributed by atoms with Gasteiger partial charge in [0.25, 0.3) is 0 Å². The van der Waals surface area contributed by atoms with Crippen LogP contribution in [-0.2, 0) is 16.1 Å². The van der Waals surface area contributed by atoms with Crippen molar-refractivity contribution in [2.45, 2.75) is 32.2 Å². The summed E-state index contributed by atoms with van der Waals surface area (Å²) in [5.74, 6) is 0.215. The van der Waals surface area contributed by atoms with Crippen LogP contribution in [0.15, 0.2) is 80.4 Å². The molecule has 6 nitrogen and oxygen atoms in total. The third kappa shape index (κ3) is 5.01. The number of pyridine rings is 1. The van der Waals surface area contributed by atoms with Crippen molar-refractivity contribution < 1.29 is 9.53 Å². The molecule has 184 valence electrons. The summed E-state index contributed by atoms with van der Waals surface area (Å²) in [5.41, 5.74) is 4.34. The van der Waals surface area contributed by atoms with E-state index >= 15 is 0 Å². The van der Waals surface area contributed by atoms with Crippen molar-refractivity contribution in [2.75, 3.05) is 38.2 Å². The highest BCUT2D eigenvalue weighted by Gasteiger charge is 2.30. The number of aromatic nitrogens is 1. The lowest BCUT2D eigenvalue weighted by atomic mass is 10.0. The Hall–Kier alpha value is -2.49. The van der Waals surface area contributed by atoms with Crippen LogP contribution in [0.1, 0.15) is 11.1 Å². The monoisotopic (exact) mass is 536 g/mol. The van der Waals surface area contributed by atoms with Gasteiger partial charge in [0.05, 0.1) is 25.8 Å². The van der Waals surface area contributed by atoms with Crippen molar-refractivity contribution in [3.05, 3.63) is 77.1 Å². The summed E-state index contributed by atoms with van der Waals surface area (Å²) in [4.78, 5) is 23.9. The molecule has 1 saturated heterocycles. The Morgan fingerprint density at radius 1 is 1.08 bits per heavy atom. The first-order valence-electron chi connectivity index (χ1n) is 11.9. The Balaban J connectivity index is 1.23. The number of morpholine rings is 1. The number of hydrogen-bond acceptors (Lipinski definition) is 8. The molecule has 2 aromatic carbocycles. The standard InChI is InChI=1S/C27H25ClN4O2S2/c28-26-12-17(6-7-29-26)15-30-18-4-5-23-25(13-18)35-24-3-1-2-19(27(24)36-23)20-14-21(22(33)16-31-20)32-8-10-34-11-9-32/h1-7,12-14,21,30-31H,8-11,15-16H2. The van der Waals surface area contributed by atoms with Gasteiger partial charge in [-0.25, -0.2) is 4.98 Å². The van der Waals surface area contributed by atoms with Gasteiger partial charge in [-0.3, -0.25) is 9.69 Å². The number of Topliss-reactive ketones (excluding diaryl/α,β-unsaturated/α-hetero) is 1. The second-order valence-electron chi connectivity index (χ2n) is 8.83. The number of carbonyl (C=O) groups excluding carboxylic acids is 1. The van der Waals surface area contributed by atoms with Crippen LogP contribution in [0.25, 0.3) is 5.70 Å². The highest BCUT2D eigenvalue weighted by Crippen LogP contribution is 2.51. The van der Waals surface area contributed by atoms with Gasteiger partial charge >= 0.3 is 0 Å². The summed E-state index contributed by atoms with van der Waals surface area (Å²) in [6.07, 6.45) is 3.83. The van der Waals surface area contributed by atoms with Crippen LogP contribution >= 0.6 is 35.1 Å². The molecule has 3 aliphatic heterocycles. The van der Waals surface area contributed by atoms with Crippen LogP contribution in [0, 0.1) is 0 Å². The smallest absolute Gasteiger partial charge is 0.172 e. The number of carbonyl (C=O) groups is 1. The maximum atomic E-state index is 12.7. The van der Waals surface area contributed by atoms with Crippen LogP contribution in [-0.4, -0.2) is 54.6 Å². The molecule has 1 fully saturated rings. The van der Waals surface area contributed by atoms with Crippen molar-refractivity contribution >= 4 is 52.3 Å². The average Bonchev–Trinajstić information content (AvgIpc) is 2.91. The molecule has 3 aromatic rings. The summed E-state index contributed by atoms with van der Waals surface area (Å²) in [6.45, 7) is 3.96. The molecule has 0 spiro atoms. The number of halogens is 1. The zero-order chi connectivity index (χ0) is 24.5. The van der Waals surface area contributed by atoms with Crippen LogP contribution in [0.3, 0.4) is 0 Å². The van der Waals surface area contributed by atoms with Gasteiger partial charge in [-0.1, -0.05) is 47.3 Å². The number of ketones is 1. The summed E-state index contributed by atoms with van der Waals surface area (Å²) in [6, 6.07) is 16.6. The van der Waals surface area contributed by atoms with Crippen LogP contribution in [0.5, 0.6) is 0 Å². The van der Waals surface area contributed by atoms with E-state index in [9.17, 15) is 4.79 Å². The van der Waals surface area contributed by atoms with E-state index < -0.39 is 0 Å². The molecule has 0 amide bonds. The number of nitrogens with zero attached hydrogens (tertiary/aromatic N) is 2. The van der Waals surface area contributed by atoms with Crippen molar-refractivity contribution in [1.29, 1.82) is 0 Å². The van der Waals surface area contributed by atoms with E-state index in [-0.39, 0.29) is 11.8 Å². The summed E-state index contributed by atoms with van der Waals surface area (Å²) >= 11 is 9.59. The molecule has 9 heteroatoms. The Morgan fingerprint density at radius 3 is 2.83 bits per heavy atom. The van der Waals surface area contributed by atoms with E-state index in [1.54, 1.807) is 29.7 Å². The van der Waals surface area contributed by atoms with E-state index in [1.165, 1.54) is 19.6 Å². The molecule has 3 aliphatic rings. The van der Waals surface area contributed by atoms with Crippen molar-refractivity contribution in [1.82, 2.24) is 15.2 Å². The van der Waals surface area contributed by atoms with Gasteiger partial charge in [0.2, 0.25) is 0 Å². The van der Waals surface area contributed by atoms with Crippen molar-refractivity contribution in [2.24, 2.45) is 0 Å². The molecule has 4 heterocycles. The van der Waals surface area contributed by atoms with Crippen molar-refractivity contribution in [3.8, 4) is 0 Å². The summed E-state index contributed by atoms with van der Waals surface area (Å²) in [7, 11) is 0. The highest BCUT2D eigenvalue weighted by molar-refractivity contribution is 8.05. The van der Waals surface area contributed by atoms with E-state index in [2.05, 4.69) is 63.0 Å². The minimum Gasteiger partial charge on any atom is -0.381 e. The lowest BCUT2D eigenvalue weighted by molar-refractivity contribution is -0.123. The summed E-state index contributed by atoms with van der Waals surface area (Å²) < 4.78 is 5.49. The zero-order valence-corrected chi connectivity index (χ0v) is 21.9. The Labute approximate surface area is 223 Å². The molecule has 0 radical (unpaired) electrons. The quantitative estimate of drug-likeness (QED) is 0.338. The van der Waals surface area contributed by atoms with E-state index in [0.717, 1.165) is 35.6 Å². The summed E-state index contributed by atoms with van der Waals surface area (Å²) in [5, 5.41) is 7.37. The molecule has 0 bridgehead atoms. The first-order valence-corrected chi connectivity index (χ1v) is 13.9. The van der Waals surface area contributed by atoms with Gasteiger partial charge in [0.15, 0.2) is 5.78 Å². The second kappa shape index (κ2) is 10.5. The number of rotatable bonds is 5. The number of nitrogens with one attached hydrogen (secondary N) is 2. The van der Waals surface area contributed by atoms with Crippen LogP contribution < -0.4 is 10.6 Å². The fourth-order valence-corrected chi connectivity index (χ4v) is 7.24. The first kappa shape index (κ1) is 23.9. The van der Waals surface area contributed by atoms with Crippen LogP contribution in [0.4, 0.5) is 5.69 Å². The minimum atomic E-state index is -0.196. The SMILES string of the molecule is O=C1CNC(c2cccc3c2Sc2ccc(NCc4ccnc(Cl)c4)cc2S3)=CC1N1CCOCC1. The van der Waals surface area contributed by atoms with E-state index in [4.69, 9.17) is 16.3 Å². The predicted molar refractivity (Wildman–Crippen MR) is 145 cm³/mol. The third-order valence-electron chi connectivity index (χ3n) is 6.48. The van der Waals surface area contributed by atoms with E-state index in [1.807, 2.05) is 12.1 Å². The third-order valence-corrected chi connectivity index (χ3v) is 9.28. The molecule has 1 unspecified atom stereocenters. The Morgan fingerprint density at radius 2 is 1.97 bits per heavy atom. The average molecular weight is 537 g/mol. The molecule has 6 rings (SSSR count). The fourth-order valence-electron chi connectivity index (χ4n) is 4.63. The maximum Gasteiger partial charge on any atom is 0.172 e. The predicted octanol–water partition coefficient (Wildman–Crippen LogP) is 5.18. The van der Waals surface area contributed by atoms with Crippen LogP contribution in [0.2, 0.25) is 5.15 Å². The molecule has 36 heavy (non-hydrogen) atoms. The maximum absolute atomic E-state index is 12.7. The second-order valence-corrected chi connectivity index (χ2v) is 11.4. The Kier molecular flexibility index (Phi) is 6.95. The largest absolute Gasteiger partial charge is 0.381 e. The number of benzene rings is 2. The van der Waals surface area contributed by atoms with Gasteiger partial charge in [0, 0.05) is 62.4 Å². The molecule has 1 atom stereocenters. The molecule has 1 aromatic heterocycles. The number of ether oxygens (including phenoxy) is 1. The number of anilines is 1. The lowest BCUT2D eigenvalue weighted by Crippen LogP contribution is -2.50. The van der Waals surface area contributed by atoms with Gasteiger partial charge in [0.1, 0.15) is 5.15 Å². The van der Waals surface area contributed by atoms with Gasteiger partial charge < -0.3 is 15.4 Å². The number of fused-ring (bicyclic) bond motifs is 2. The van der Waals surface area contributed by atoms with Gasteiger partial charge in [-0.2, -0.15) is 0 Å². The lowest BCUT2D eigenvalue weighted by Gasteiger charge is -2.35. The zero-order valence-electron chi connectivity index (χ0n) is 19.5. The molecule has 0 aliphatic carbocycles. The molecule has 0 saturated carbocycles. The molecule has 2 N–H and O–H groups in total. The van der Waals surface area contributed by atoms with Crippen molar-refractivity contribution in [3.63, 3.8) is 0 Å². The molecular weight excluding hydrogens is 512 g/mol. The Bertz CT molecular complexity index is 1340. The van der Waals surface area contributed by atoms with Gasteiger partial charge in [-0.15, -0.1) is 0 Å². The fraction of sp³-hybridized carbons (Fsp3) is 0.259. The topological polar surface area (TPSA) is 66.5 Å². The highest BCUT2D eigenvalue weighted by atomic mass is 35.5.